The molecule has 2 aromatic rings. The summed E-state index contributed by atoms with van der Waals surface area (Å²) >= 11 is 0. The summed E-state index contributed by atoms with van der Waals surface area (Å²) in [6.07, 6.45) is 5.05. The molecule has 1 aliphatic carbocycles. The zero-order valence-corrected chi connectivity index (χ0v) is 11.3. The highest BCUT2D eigenvalue weighted by atomic mass is 16.4. The van der Waals surface area contributed by atoms with Gasteiger partial charge in [0.15, 0.2) is 0 Å². The topological polar surface area (TPSA) is 67.2 Å². The third kappa shape index (κ3) is 2.76. The SMILES string of the molecule is O=C(O)NC1CCCC(Cn2ncc3ccccc32)C1. The second-order valence-corrected chi connectivity index (χ2v) is 5.56. The first-order valence-corrected chi connectivity index (χ1v) is 7.12. The summed E-state index contributed by atoms with van der Waals surface area (Å²) in [5.41, 5.74) is 1.15. The monoisotopic (exact) mass is 273 g/mol. The lowest BCUT2D eigenvalue weighted by Gasteiger charge is -2.29. The van der Waals surface area contributed by atoms with E-state index >= 15 is 0 Å². The van der Waals surface area contributed by atoms with Crippen LogP contribution in [0.15, 0.2) is 30.5 Å². The van der Waals surface area contributed by atoms with Gasteiger partial charge < -0.3 is 10.4 Å². The molecule has 0 spiro atoms. The standard InChI is InChI=1S/C15H19N3O2/c19-15(20)17-13-6-3-4-11(8-13)10-18-14-7-2-1-5-12(14)9-16-18/h1-2,5,7,9,11,13,17H,3-4,6,8,10H2,(H,19,20). The van der Waals surface area contributed by atoms with Gasteiger partial charge in [0.2, 0.25) is 0 Å². The molecule has 1 aromatic carbocycles. The Morgan fingerprint density at radius 2 is 2.25 bits per heavy atom. The normalized spacial score (nSPS) is 22.8. The number of carboxylic acid groups (broad SMARTS) is 1. The largest absolute Gasteiger partial charge is 0.465 e. The molecule has 0 bridgehead atoms. The molecule has 5 heteroatoms. The fraction of sp³-hybridized carbons (Fsp3) is 0.467. The average molecular weight is 273 g/mol. The molecule has 3 rings (SSSR count). The number of aromatic nitrogens is 2. The van der Waals surface area contributed by atoms with Gasteiger partial charge in [-0.2, -0.15) is 5.10 Å². The molecule has 1 saturated carbocycles. The van der Waals surface area contributed by atoms with E-state index in [2.05, 4.69) is 22.5 Å². The molecule has 1 heterocycles. The van der Waals surface area contributed by atoms with Crippen LogP contribution in [0.5, 0.6) is 0 Å². The van der Waals surface area contributed by atoms with Gasteiger partial charge in [0.05, 0.1) is 11.7 Å². The number of hydrogen-bond donors (Lipinski definition) is 2. The van der Waals surface area contributed by atoms with Gasteiger partial charge in [-0.15, -0.1) is 0 Å². The third-order valence-corrected chi connectivity index (χ3v) is 4.09. The van der Waals surface area contributed by atoms with Crippen LogP contribution in [0.4, 0.5) is 4.79 Å². The Morgan fingerprint density at radius 1 is 1.40 bits per heavy atom. The summed E-state index contributed by atoms with van der Waals surface area (Å²) in [5, 5.41) is 17.0. The lowest BCUT2D eigenvalue weighted by atomic mass is 9.85. The Hall–Kier alpha value is -2.04. The maximum Gasteiger partial charge on any atom is 0.404 e. The molecule has 1 amide bonds. The molecule has 1 aliphatic rings. The van der Waals surface area contributed by atoms with Crippen molar-refractivity contribution < 1.29 is 9.90 Å². The van der Waals surface area contributed by atoms with Crippen molar-refractivity contribution in [2.75, 3.05) is 0 Å². The molecule has 20 heavy (non-hydrogen) atoms. The summed E-state index contributed by atoms with van der Waals surface area (Å²) in [7, 11) is 0. The van der Waals surface area contributed by atoms with Crippen molar-refractivity contribution in [1.29, 1.82) is 0 Å². The molecular weight excluding hydrogens is 254 g/mol. The van der Waals surface area contributed by atoms with Crippen molar-refractivity contribution in [1.82, 2.24) is 15.1 Å². The van der Waals surface area contributed by atoms with E-state index in [0.717, 1.165) is 43.1 Å². The highest BCUT2D eigenvalue weighted by Crippen LogP contribution is 2.26. The van der Waals surface area contributed by atoms with E-state index < -0.39 is 6.09 Å². The maximum absolute atomic E-state index is 10.7. The van der Waals surface area contributed by atoms with Gasteiger partial charge in [-0.25, -0.2) is 4.79 Å². The van der Waals surface area contributed by atoms with Gasteiger partial charge in [0, 0.05) is 18.0 Å². The van der Waals surface area contributed by atoms with Gasteiger partial charge >= 0.3 is 6.09 Å². The van der Waals surface area contributed by atoms with E-state index in [1.54, 1.807) is 0 Å². The van der Waals surface area contributed by atoms with E-state index in [0.29, 0.717) is 5.92 Å². The average Bonchev–Trinajstić information content (AvgIpc) is 2.82. The van der Waals surface area contributed by atoms with Crippen LogP contribution in [-0.4, -0.2) is 27.0 Å². The smallest absolute Gasteiger partial charge is 0.404 e. The van der Waals surface area contributed by atoms with E-state index in [1.165, 1.54) is 0 Å². The minimum absolute atomic E-state index is 0.0908. The Kier molecular flexibility index (Phi) is 3.58. The molecular formula is C15H19N3O2. The van der Waals surface area contributed by atoms with Gasteiger partial charge in [0.1, 0.15) is 0 Å². The maximum atomic E-state index is 10.7. The predicted molar refractivity (Wildman–Crippen MR) is 76.6 cm³/mol. The van der Waals surface area contributed by atoms with Crippen molar-refractivity contribution in [2.45, 2.75) is 38.3 Å². The number of benzene rings is 1. The number of amides is 1. The van der Waals surface area contributed by atoms with E-state index in [1.807, 2.05) is 23.0 Å². The number of nitrogens with one attached hydrogen (secondary N) is 1. The Morgan fingerprint density at radius 3 is 3.10 bits per heavy atom. The predicted octanol–water partition coefficient (Wildman–Crippen LogP) is 2.86. The summed E-state index contributed by atoms with van der Waals surface area (Å²) in [5.74, 6) is 0.490. The first kappa shape index (κ1) is 13.0. The van der Waals surface area contributed by atoms with Gasteiger partial charge in [-0.1, -0.05) is 24.6 Å². The third-order valence-electron chi connectivity index (χ3n) is 4.09. The van der Waals surface area contributed by atoms with E-state index in [-0.39, 0.29) is 6.04 Å². The van der Waals surface area contributed by atoms with Gasteiger partial charge in [-0.05, 0) is 31.2 Å². The molecule has 5 nitrogen and oxygen atoms in total. The number of carbonyl (C=O) groups is 1. The van der Waals surface area contributed by atoms with Crippen molar-refractivity contribution in [3.8, 4) is 0 Å². The van der Waals surface area contributed by atoms with Gasteiger partial charge in [-0.3, -0.25) is 4.68 Å². The molecule has 0 aliphatic heterocycles. The van der Waals surface area contributed by atoms with Crippen LogP contribution in [0.1, 0.15) is 25.7 Å². The number of nitrogens with zero attached hydrogens (tertiary/aromatic N) is 2. The molecule has 0 saturated heterocycles. The van der Waals surface area contributed by atoms with Crippen molar-refractivity contribution in [2.24, 2.45) is 5.92 Å². The molecule has 1 fully saturated rings. The Balaban J connectivity index is 1.69. The first-order valence-electron chi connectivity index (χ1n) is 7.12. The van der Waals surface area contributed by atoms with E-state index in [9.17, 15) is 4.79 Å². The van der Waals surface area contributed by atoms with Crippen LogP contribution < -0.4 is 5.32 Å². The van der Waals surface area contributed by atoms with Crippen molar-refractivity contribution >= 4 is 17.0 Å². The Labute approximate surface area is 117 Å². The van der Waals surface area contributed by atoms with Crippen molar-refractivity contribution in [3.63, 3.8) is 0 Å². The summed E-state index contributed by atoms with van der Waals surface area (Å²) in [6.45, 7) is 0.866. The fourth-order valence-electron chi connectivity index (χ4n) is 3.18. The van der Waals surface area contributed by atoms with Gasteiger partial charge in [0.25, 0.3) is 0 Å². The zero-order valence-electron chi connectivity index (χ0n) is 11.3. The Bertz CT molecular complexity index is 608. The van der Waals surface area contributed by atoms with Crippen LogP contribution in [0.2, 0.25) is 0 Å². The van der Waals surface area contributed by atoms with Crippen LogP contribution in [0.25, 0.3) is 10.9 Å². The number of rotatable bonds is 3. The molecule has 2 N–H and O–H groups in total. The quantitative estimate of drug-likeness (QED) is 0.903. The molecule has 106 valence electrons. The minimum atomic E-state index is -0.916. The van der Waals surface area contributed by atoms with Crippen LogP contribution in [-0.2, 0) is 6.54 Å². The highest BCUT2D eigenvalue weighted by Gasteiger charge is 2.23. The summed E-state index contributed by atoms with van der Waals surface area (Å²) < 4.78 is 2.04. The molecule has 1 aromatic heterocycles. The lowest BCUT2D eigenvalue weighted by Crippen LogP contribution is -2.38. The molecule has 2 unspecified atom stereocenters. The highest BCUT2D eigenvalue weighted by molar-refractivity contribution is 5.78. The minimum Gasteiger partial charge on any atom is -0.465 e. The van der Waals surface area contributed by atoms with Crippen LogP contribution in [0, 0.1) is 5.92 Å². The van der Waals surface area contributed by atoms with Crippen molar-refractivity contribution in [3.05, 3.63) is 30.5 Å². The lowest BCUT2D eigenvalue weighted by molar-refractivity contribution is 0.179. The number of hydrogen-bond acceptors (Lipinski definition) is 2. The molecule has 2 atom stereocenters. The second kappa shape index (κ2) is 5.53. The first-order chi connectivity index (χ1) is 9.72. The number of para-hydroxylation sites is 1. The second-order valence-electron chi connectivity index (χ2n) is 5.56. The number of fused-ring (bicyclic) bond motifs is 1. The van der Waals surface area contributed by atoms with Crippen LogP contribution in [0.3, 0.4) is 0 Å². The molecule has 0 radical (unpaired) electrons. The van der Waals surface area contributed by atoms with E-state index in [4.69, 9.17) is 5.11 Å². The summed E-state index contributed by atoms with van der Waals surface area (Å²) in [6, 6.07) is 8.28. The zero-order chi connectivity index (χ0) is 13.9. The van der Waals surface area contributed by atoms with Crippen LogP contribution >= 0.6 is 0 Å². The fourth-order valence-corrected chi connectivity index (χ4v) is 3.18. The summed E-state index contributed by atoms with van der Waals surface area (Å²) in [4.78, 5) is 10.7.